The van der Waals surface area contributed by atoms with E-state index < -0.39 is 0 Å². The van der Waals surface area contributed by atoms with Gasteiger partial charge in [-0.05, 0) is 46.5 Å². The summed E-state index contributed by atoms with van der Waals surface area (Å²) in [6, 6.07) is 7.58. The maximum Gasteiger partial charge on any atom is 0.323 e. The van der Waals surface area contributed by atoms with Crippen molar-refractivity contribution < 1.29 is 14.1 Å². The molecule has 5 heteroatoms. The zero-order valence-electron chi connectivity index (χ0n) is 12.9. The minimum absolute atomic E-state index is 0.137. The highest BCUT2D eigenvalue weighted by Gasteiger charge is 2.15. The van der Waals surface area contributed by atoms with Crippen LogP contribution in [0.5, 0.6) is 0 Å². The lowest BCUT2D eigenvalue weighted by molar-refractivity contribution is -0.148. The summed E-state index contributed by atoms with van der Waals surface area (Å²) < 4.78 is 13.5. The number of likely N-dealkylation sites (N-methyl/N-ethyl adjacent to an activating group) is 1. The average Bonchev–Trinajstić information content (AvgIpc) is 2.45. The number of carbonyl (C=O) groups is 1. The van der Waals surface area contributed by atoms with Gasteiger partial charge in [0.25, 0.3) is 0 Å². The van der Waals surface area contributed by atoms with Crippen molar-refractivity contribution in [2.45, 2.75) is 38.1 Å². The number of ether oxygens (including phenoxy) is 1. The van der Waals surface area contributed by atoms with Gasteiger partial charge in [-0.25, -0.2) is 0 Å². The molecule has 0 aliphatic carbocycles. The van der Waals surface area contributed by atoms with Crippen LogP contribution in [0.25, 0.3) is 0 Å². The smallest absolute Gasteiger partial charge is 0.323 e. The first-order valence-corrected chi connectivity index (χ1v) is 7.40. The molecule has 0 aliphatic heterocycles. The van der Waals surface area contributed by atoms with Crippen molar-refractivity contribution in [3.63, 3.8) is 0 Å². The minimum Gasteiger partial charge on any atom is -0.465 e. The molecule has 0 radical (unpaired) electrons. The van der Waals surface area contributed by atoms with Crippen molar-refractivity contribution in [1.29, 1.82) is 0 Å². The van der Waals surface area contributed by atoms with Crippen molar-refractivity contribution in [1.82, 2.24) is 4.90 Å². The van der Waals surface area contributed by atoms with E-state index in [4.69, 9.17) is 9.29 Å². The lowest BCUT2D eigenvalue weighted by Crippen LogP contribution is -2.34. The van der Waals surface area contributed by atoms with E-state index in [2.05, 4.69) is 0 Å². The van der Waals surface area contributed by atoms with Crippen LogP contribution in [0, 0.1) is 6.92 Å². The highest BCUT2D eigenvalue weighted by atomic mass is 32.2. The van der Waals surface area contributed by atoms with Crippen LogP contribution in [-0.4, -0.2) is 42.2 Å². The van der Waals surface area contributed by atoms with E-state index in [9.17, 15) is 4.79 Å². The van der Waals surface area contributed by atoms with Gasteiger partial charge < -0.3 is 9.29 Å². The predicted molar refractivity (Wildman–Crippen MR) is 84.1 cm³/mol. The van der Waals surface area contributed by atoms with Crippen LogP contribution in [0.15, 0.2) is 29.2 Å². The highest BCUT2D eigenvalue weighted by molar-refractivity contribution is 7.93. The Bertz CT molecular complexity index is 379. The van der Waals surface area contributed by atoms with Crippen molar-refractivity contribution >= 4 is 18.0 Å². The van der Waals surface area contributed by atoms with Crippen molar-refractivity contribution in [3.05, 3.63) is 29.8 Å². The molecule has 4 nitrogen and oxygen atoms in total. The van der Waals surface area contributed by atoms with Gasteiger partial charge in [0.1, 0.15) is 6.04 Å². The number of carbonyl (C=O) groups excluding carboxylic acids is 1. The Balaban J connectivity index is 0.000000367. The van der Waals surface area contributed by atoms with Gasteiger partial charge in [0.15, 0.2) is 0 Å². The summed E-state index contributed by atoms with van der Waals surface area (Å²) in [7, 11) is 3.72. The van der Waals surface area contributed by atoms with Crippen LogP contribution < -0.4 is 0 Å². The first kappa shape index (κ1) is 19.0. The Kier molecular flexibility index (Phi) is 10.2. The summed E-state index contributed by atoms with van der Waals surface area (Å²) >= 11 is 0.777. The monoisotopic (exact) mass is 299 g/mol. The second-order valence-electron chi connectivity index (χ2n) is 4.71. The summed E-state index contributed by atoms with van der Waals surface area (Å²) in [5.41, 5.74) is 1.22. The van der Waals surface area contributed by atoms with Crippen LogP contribution in [0.2, 0.25) is 0 Å². The van der Waals surface area contributed by atoms with E-state index in [1.807, 2.05) is 64.0 Å². The van der Waals surface area contributed by atoms with Gasteiger partial charge in [0, 0.05) is 16.9 Å². The maximum absolute atomic E-state index is 11.1. The molecule has 0 amide bonds. The molecule has 0 aromatic heterocycles. The lowest BCUT2D eigenvalue weighted by Gasteiger charge is -2.17. The fourth-order valence-corrected chi connectivity index (χ4v) is 1.39. The standard InChI is InChI=1S/C8H17NO2.C7H8OS/c1-5-6-11-8(10)7(2)9(3)4;1-6-2-4-7(9-8)5-3-6/h7H,5-6H2,1-4H3;2-5,8H,1H3. The van der Waals surface area contributed by atoms with Gasteiger partial charge in [-0.1, -0.05) is 24.6 Å². The topological polar surface area (TPSA) is 49.8 Å². The molecule has 0 bridgehead atoms. The number of benzene rings is 1. The van der Waals surface area contributed by atoms with E-state index in [1.165, 1.54) is 5.56 Å². The Morgan fingerprint density at radius 2 is 1.90 bits per heavy atom. The van der Waals surface area contributed by atoms with E-state index in [-0.39, 0.29) is 12.0 Å². The molecule has 0 saturated carbocycles. The summed E-state index contributed by atoms with van der Waals surface area (Å²) in [5.74, 6) is -0.142. The second kappa shape index (κ2) is 10.7. The summed E-state index contributed by atoms with van der Waals surface area (Å²) in [6.07, 6.45) is 0.881. The quantitative estimate of drug-likeness (QED) is 0.666. The van der Waals surface area contributed by atoms with Gasteiger partial charge in [0.2, 0.25) is 0 Å². The van der Waals surface area contributed by atoms with Gasteiger partial charge in [-0.2, -0.15) is 0 Å². The largest absolute Gasteiger partial charge is 0.465 e. The molecular formula is C15H25NO3S. The normalized spacial score (nSPS) is 11.6. The van der Waals surface area contributed by atoms with E-state index in [0.717, 1.165) is 23.4 Å². The first-order valence-electron chi connectivity index (χ1n) is 6.63. The predicted octanol–water partition coefficient (Wildman–Crippen LogP) is 3.45. The Labute approximate surface area is 126 Å². The molecule has 20 heavy (non-hydrogen) atoms. The van der Waals surface area contributed by atoms with E-state index in [0.29, 0.717) is 6.61 Å². The third kappa shape index (κ3) is 8.19. The minimum atomic E-state index is -0.142. The zero-order valence-corrected chi connectivity index (χ0v) is 13.7. The van der Waals surface area contributed by atoms with Crippen molar-refractivity contribution in [3.8, 4) is 0 Å². The van der Waals surface area contributed by atoms with Crippen molar-refractivity contribution in [2.24, 2.45) is 0 Å². The number of hydrogen-bond donors (Lipinski definition) is 1. The first-order chi connectivity index (χ1) is 9.42. The van der Waals surface area contributed by atoms with Crippen LogP contribution in [0.3, 0.4) is 0 Å². The second-order valence-corrected chi connectivity index (χ2v) is 5.37. The fraction of sp³-hybridized carbons (Fsp3) is 0.533. The lowest BCUT2D eigenvalue weighted by atomic mass is 10.2. The number of hydrogen-bond acceptors (Lipinski definition) is 5. The molecular weight excluding hydrogens is 274 g/mol. The number of rotatable bonds is 5. The number of esters is 1. The summed E-state index contributed by atoms with van der Waals surface area (Å²) in [6.45, 7) is 6.36. The third-order valence-electron chi connectivity index (χ3n) is 2.69. The molecule has 0 saturated heterocycles. The molecule has 114 valence electrons. The highest BCUT2D eigenvalue weighted by Crippen LogP contribution is 2.13. The van der Waals surface area contributed by atoms with Crippen molar-refractivity contribution in [2.75, 3.05) is 20.7 Å². The molecule has 0 fully saturated rings. The maximum atomic E-state index is 11.1. The van der Waals surface area contributed by atoms with Gasteiger partial charge in [-0.15, -0.1) is 0 Å². The molecule has 1 atom stereocenters. The molecule has 1 aromatic rings. The molecule has 1 N–H and O–H groups in total. The fourth-order valence-electron chi connectivity index (χ4n) is 1.13. The molecule has 0 spiro atoms. The van der Waals surface area contributed by atoms with Crippen LogP contribution >= 0.6 is 12.0 Å². The zero-order chi connectivity index (χ0) is 15.5. The molecule has 1 rings (SSSR count). The van der Waals surface area contributed by atoms with E-state index >= 15 is 0 Å². The Hall–Kier alpha value is -1.04. The van der Waals surface area contributed by atoms with Gasteiger partial charge in [-0.3, -0.25) is 9.69 Å². The molecule has 1 aromatic carbocycles. The number of nitrogens with zero attached hydrogens (tertiary/aromatic N) is 1. The molecule has 1 unspecified atom stereocenters. The average molecular weight is 299 g/mol. The summed E-state index contributed by atoms with van der Waals surface area (Å²) in [5, 5.41) is 0. The van der Waals surface area contributed by atoms with Crippen LogP contribution in [-0.2, 0) is 9.53 Å². The SMILES string of the molecule is CCCOC(=O)C(C)N(C)C.Cc1ccc(SO)cc1. The van der Waals surface area contributed by atoms with E-state index in [1.54, 1.807) is 0 Å². The molecule has 0 heterocycles. The van der Waals surface area contributed by atoms with Gasteiger partial charge >= 0.3 is 5.97 Å². The Morgan fingerprint density at radius 1 is 1.35 bits per heavy atom. The van der Waals surface area contributed by atoms with Crippen LogP contribution in [0.1, 0.15) is 25.8 Å². The third-order valence-corrected chi connectivity index (χ3v) is 3.17. The van der Waals surface area contributed by atoms with Gasteiger partial charge in [0.05, 0.1) is 6.61 Å². The van der Waals surface area contributed by atoms with Crippen LogP contribution in [0.4, 0.5) is 0 Å². The molecule has 0 aliphatic rings. The Morgan fingerprint density at radius 3 is 2.30 bits per heavy atom. The number of aryl methyl sites for hydroxylation is 1. The summed E-state index contributed by atoms with van der Waals surface area (Å²) in [4.78, 5) is 13.8.